The van der Waals surface area contributed by atoms with Crippen LogP contribution in [0.3, 0.4) is 0 Å². The number of rotatable bonds is 6. The van der Waals surface area contributed by atoms with Gasteiger partial charge in [-0.1, -0.05) is 13.0 Å². The minimum atomic E-state index is -0.215. The zero-order valence-corrected chi connectivity index (χ0v) is 11.6. The van der Waals surface area contributed by atoms with Gasteiger partial charge in [0.2, 0.25) is 0 Å². The standard InChI is InChI=1S/C15H22FNO2/c1-3-8-17-11(2)15-13(16)5-4-6-14(15)19-12-7-9-18-10-12/h4-6,11-12,17H,3,7-10H2,1-2H3. The molecule has 1 N–H and O–H groups in total. The van der Waals surface area contributed by atoms with Gasteiger partial charge in [-0.05, 0) is 32.0 Å². The van der Waals surface area contributed by atoms with Gasteiger partial charge >= 0.3 is 0 Å². The van der Waals surface area contributed by atoms with Crippen LogP contribution in [0.25, 0.3) is 0 Å². The number of ether oxygens (including phenoxy) is 2. The fourth-order valence-electron chi connectivity index (χ4n) is 2.29. The van der Waals surface area contributed by atoms with Crippen LogP contribution in [0, 0.1) is 5.82 Å². The average Bonchev–Trinajstić information content (AvgIpc) is 2.89. The summed E-state index contributed by atoms with van der Waals surface area (Å²) in [7, 11) is 0. The van der Waals surface area contributed by atoms with Crippen molar-refractivity contribution in [2.24, 2.45) is 0 Å². The van der Waals surface area contributed by atoms with E-state index >= 15 is 0 Å². The predicted molar refractivity (Wildman–Crippen MR) is 73.0 cm³/mol. The van der Waals surface area contributed by atoms with Crippen LogP contribution in [-0.2, 0) is 4.74 Å². The van der Waals surface area contributed by atoms with Gasteiger partial charge in [-0.2, -0.15) is 0 Å². The van der Waals surface area contributed by atoms with Crippen LogP contribution < -0.4 is 10.1 Å². The lowest BCUT2D eigenvalue weighted by Crippen LogP contribution is -2.23. The van der Waals surface area contributed by atoms with Gasteiger partial charge in [-0.25, -0.2) is 4.39 Å². The van der Waals surface area contributed by atoms with Crippen molar-refractivity contribution in [3.63, 3.8) is 0 Å². The third kappa shape index (κ3) is 3.67. The molecular weight excluding hydrogens is 245 g/mol. The van der Waals surface area contributed by atoms with E-state index in [2.05, 4.69) is 12.2 Å². The normalized spacial score (nSPS) is 20.5. The van der Waals surface area contributed by atoms with Crippen molar-refractivity contribution >= 4 is 0 Å². The van der Waals surface area contributed by atoms with E-state index in [1.165, 1.54) is 6.07 Å². The van der Waals surface area contributed by atoms with Crippen LogP contribution in [0.2, 0.25) is 0 Å². The monoisotopic (exact) mass is 267 g/mol. The van der Waals surface area contributed by atoms with Crippen LogP contribution in [0.1, 0.15) is 38.3 Å². The fraction of sp³-hybridized carbons (Fsp3) is 0.600. The fourth-order valence-corrected chi connectivity index (χ4v) is 2.29. The summed E-state index contributed by atoms with van der Waals surface area (Å²) in [6.07, 6.45) is 1.93. The number of hydrogen-bond acceptors (Lipinski definition) is 3. The highest BCUT2D eigenvalue weighted by atomic mass is 19.1. The molecule has 1 aromatic carbocycles. The second-order valence-electron chi connectivity index (χ2n) is 4.93. The first-order chi connectivity index (χ1) is 9.22. The van der Waals surface area contributed by atoms with Crippen molar-refractivity contribution in [3.05, 3.63) is 29.6 Å². The summed E-state index contributed by atoms with van der Waals surface area (Å²) in [6.45, 7) is 6.23. The molecule has 0 radical (unpaired) electrons. The Morgan fingerprint density at radius 3 is 3.05 bits per heavy atom. The zero-order chi connectivity index (χ0) is 13.7. The Kier molecular flexibility index (Phi) is 5.16. The molecule has 0 saturated carbocycles. The molecule has 1 aliphatic heterocycles. The SMILES string of the molecule is CCCNC(C)c1c(F)cccc1OC1CCOC1. The van der Waals surface area contributed by atoms with Gasteiger partial charge < -0.3 is 14.8 Å². The summed E-state index contributed by atoms with van der Waals surface area (Å²) >= 11 is 0. The van der Waals surface area contributed by atoms with Crippen molar-refractivity contribution in [2.75, 3.05) is 19.8 Å². The van der Waals surface area contributed by atoms with Crippen LogP contribution in [0.15, 0.2) is 18.2 Å². The number of hydrogen-bond donors (Lipinski definition) is 1. The minimum absolute atomic E-state index is 0.0407. The maximum atomic E-state index is 14.1. The molecular formula is C15H22FNO2. The van der Waals surface area contributed by atoms with E-state index in [9.17, 15) is 4.39 Å². The average molecular weight is 267 g/mol. The molecule has 2 rings (SSSR count). The Bertz CT molecular complexity index is 405. The molecule has 1 saturated heterocycles. The number of nitrogens with one attached hydrogen (secondary N) is 1. The smallest absolute Gasteiger partial charge is 0.131 e. The van der Waals surface area contributed by atoms with Gasteiger partial charge in [-0.15, -0.1) is 0 Å². The second-order valence-corrected chi connectivity index (χ2v) is 4.93. The molecule has 1 aromatic rings. The molecule has 0 spiro atoms. The molecule has 0 amide bonds. The summed E-state index contributed by atoms with van der Waals surface area (Å²) in [5.74, 6) is 0.416. The first-order valence-corrected chi connectivity index (χ1v) is 6.98. The Morgan fingerprint density at radius 2 is 2.37 bits per heavy atom. The van der Waals surface area contributed by atoms with Crippen LogP contribution >= 0.6 is 0 Å². The second kappa shape index (κ2) is 6.87. The minimum Gasteiger partial charge on any atom is -0.487 e. The summed E-state index contributed by atoms with van der Waals surface area (Å²) in [5.41, 5.74) is 0.614. The van der Waals surface area contributed by atoms with Gasteiger partial charge in [-0.3, -0.25) is 0 Å². The van der Waals surface area contributed by atoms with E-state index in [0.29, 0.717) is 17.9 Å². The third-order valence-electron chi connectivity index (χ3n) is 3.33. The summed E-state index contributed by atoms with van der Waals surface area (Å²) < 4.78 is 25.2. The molecule has 0 aliphatic carbocycles. The highest BCUT2D eigenvalue weighted by Gasteiger charge is 2.22. The summed E-state index contributed by atoms with van der Waals surface area (Å²) in [4.78, 5) is 0. The van der Waals surface area contributed by atoms with E-state index in [1.54, 1.807) is 6.07 Å². The molecule has 0 aromatic heterocycles. The Balaban J connectivity index is 2.14. The Hall–Kier alpha value is -1.13. The molecule has 4 heteroatoms. The molecule has 2 unspecified atom stereocenters. The first-order valence-electron chi connectivity index (χ1n) is 6.98. The van der Waals surface area contributed by atoms with Crippen molar-refractivity contribution in [2.45, 2.75) is 38.8 Å². The van der Waals surface area contributed by atoms with Crippen LogP contribution in [-0.4, -0.2) is 25.9 Å². The molecule has 1 heterocycles. The molecule has 106 valence electrons. The summed E-state index contributed by atoms with van der Waals surface area (Å²) in [5, 5.41) is 3.30. The van der Waals surface area contributed by atoms with E-state index in [1.807, 2.05) is 13.0 Å². The lowest BCUT2D eigenvalue weighted by molar-refractivity contribution is 0.140. The van der Waals surface area contributed by atoms with E-state index < -0.39 is 0 Å². The Morgan fingerprint density at radius 1 is 1.53 bits per heavy atom. The molecule has 3 nitrogen and oxygen atoms in total. The van der Waals surface area contributed by atoms with E-state index in [-0.39, 0.29) is 18.0 Å². The molecule has 19 heavy (non-hydrogen) atoms. The van der Waals surface area contributed by atoms with Gasteiger partial charge in [0.15, 0.2) is 0 Å². The van der Waals surface area contributed by atoms with Crippen LogP contribution in [0.5, 0.6) is 5.75 Å². The summed E-state index contributed by atoms with van der Waals surface area (Å²) in [6, 6.07) is 4.95. The van der Waals surface area contributed by atoms with Crippen molar-refractivity contribution < 1.29 is 13.9 Å². The third-order valence-corrected chi connectivity index (χ3v) is 3.33. The highest BCUT2D eigenvalue weighted by Crippen LogP contribution is 2.29. The van der Waals surface area contributed by atoms with Gasteiger partial charge in [0.25, 0.3) is 0 Å². The Labute approximate surface area is 114 Å². The predicted octanol–water partition coefficient (Wildman–Crippen LogP) is 3.05. The quantitative estimate of drug-likeness (QED) is 0.859. The largest absolute Gasteiger partial charge is 0.487 e. The topological polar surface area (TPSA) is 30.5 Å². The first kappa shape index (κ1) is 14.3. The van der Waals surface area contributed by atoms with Gasteiger partial charge in [0.1, 0.15) is 17.7 Å². The zero-order valence-electron chi connectivity index (χ0n) is 11.6. The molecule has 1 fully saturated rings. The van der Waals surface area contributed by atoms with Gasteiger partial charge in [0.05, 0.1) is 13.2 Å². The lowest BCUT2D eigenvalue weighted by Gasteiger charge is -2.21. The number of halogens is 1. The lowest BCUT2D eigenvalue weighted by atomic mass is 10.1. The molecule has 0 bridgehead atoms. The highest BCUT2D eigenvalue weighted by molar-refractivity contribution is 5.37. The van der Waals surface area contributed by atoms with Crippen LogP contribution in [0.4, 0.5) is 4.39 Å². The molecule has 2 atom stereocenters. The van der Waals surface area contributed by atoms with Crippen molar-refractivity contribution in [1.82, 2.24) is 5.32 Å². The van der Waals surface area contributed by atoms with Crippen molar-refractivity contribution in [1.29, 1.82) is 0 Å². The molecule has 1 aliphatic rings. The van der Waals surface area contributed by atoms with Crippen molar-refractivity contribution in [3.8, 4) is 5.75 Å². The maximum Gasteiger partial charge on any atom is 0.131 e. The number of benzene rings is 1. The van der Waals surface area contributed by atoms with Gasteiger partial charge in [0, 0.05) is 18.0 Å². The van der Waals surface area contributed by atoms with E-state index in [4.69, 9.17) is 9.47 Å². The maximum absolute atomic E-state index is 14.1. The van der Waals surface area contributed by atoms with E-state index in [0.717, 1.165) is 26.0 Å².